The average Bonchev–Trinajstić information content (AvgIpc) is 2.33. The fourth-order valence-electron chi connectivity index (χ4n) is 2.19. The van der Waals surface area contributed by atoms with Gasteiger partial charge in [0.25, 0.3) is 0 Å². The van der Waals surface area contributed by atoms with Gasteiger partial charge in [0.05, 0.1) is 6.26 Å². The Morgan fingerprint density at radius 3 is 2.42 bits per heavy atom. The quantitative estimate of drug-likeness (QED) is 0.846. The fourth-order valence-corrected chi connectivity index (χ4v) is 3.25. The minimum atomic E-state index is -3.08. The summed E-state index contributed by atoms with van der Waals surface area (Å²) in [5.41, 5.74) is 7.51. The molecule has 1 aromatic carbocycles. The first kappa shape index (κ1) is 14.6. The van der Waals surface area contributed by atoms with Gasteiger partial charge in [0, 0.05) is 49.0 Å². The van der Waals surface area contributed by atoms with Crippen LogP contribution < -0.4 is 5.73 Å². The summed E-state index contributed by atoms with van der Waals surface area (Å²) in [4.78, 5) is 2.17. The highest BCUT2D eigenvalue weighted by atomic mass is 35.5. The number of benzene rings is 1. The fraction of sp³-hybridized carbons (Fsp3) is 0.500. The second-order valence-electron chi connectivity index (χ2n) is 4.75. The molecule has 19 heavy (non-hydrogen) atoms. The van der Waals surface area contributed by atoms with E-state index in [0.717, 1.165) is 5.56 Å². The normalized spacial score (nSPS) is 18.6. The SMILES string of the molecule is CS(=O)(=O)N1CCN(Cc2c(N)cccc2Cl)CC1. The molecule has 7 heteroatoms. The van der Waals surface area contributed by atoms with Gasteiger partial charge < -0.3 is 5.73 Å². The van der Waals surface area contributed by atoms with Crippen LogP contribution in [0, 0.1) is 0 Å². The molecule has 0 unspecified atom stereocenters. The standard InChI is InChI=1S/C12H18ClN3O2S/c1-19(17,18)16-7-5-15(6-8-16)9-10-11(13)3-2-4-12(10)14/h2-4H,5-9,14H2,1H3. The molecule has 0 atom stereocenters. The highest BCUT2D eigenvalue weighted by molar-refractivity contribution is 7.88. The van der Waals surface area contributed by atoms with Gasteiger partial charge in [-0.15, -0.1) is 0 Å². The van der Waals surface area contributed by atoms with Crippen LogP contribution in [0.15, 0.2) is 18.2 Å². The van der Waals surface area contributed by atoms with Crippen molar-refractivity contribution in [2.75, 3.05) is 38.2 Å². The molecule has 0 spiro atoms. The predicted octanol–water partition coefficient (Wildman–Crippen LogP) is 0.999. The van der Waals surface area contributed by atoms with Crippen LogP contribution in [0.5, 0.6) is 0 Å². The lowest BCUT2D eigenvalue weighted by molar-refractivity contribution is 0.182. The Bertz CT molecular complexity index is 534. The number of piperazine rings is 1. The van der Waals surface area contributed by atoms with E-state index in [2.05, 4.69) is 4.90 Å². The molecule has 1 aliphatic heterocycles. The highest BCUT2D eigenvalue weighted by Gasteiger charge is 2.23. The number of nitrogens with two attached hydrogens (primary N) is 1. The Morgan fingerprint density at radius 2 is 1.89 bits per heavy atom. The van der Waals surface area contributed by atoms with E-state index in [0.29, 0.717) is 43.4 Å². The molecule has 1 saturated heterocycles. The zero-order valence-corrected chi connectivity index (χ0v) is 12.4. The summed E-state index contributed by atoms with van der Waals surface area (Å²) in [6.07, 6.45) is 1.24. The van der Waals surface area contributed by atoms with Crippen molar-refractivity contribution >= 4 is 27.3 Å². The first-order chi connectivity index (χ1) is 8.88. The maximum absolute atomic E-state index is 11.4. The highest BCUT2D eigenvalue weighted by Crippen LogP contribution is 2.24. The second-order valence-corrected chi connectivity index (χ2v) is 7.14. The van der Waals surface area contributed by atoms with E-state index in [9.17, 15) is 8.42 Å². The summed E-state index contributed by atoms with van der Waals surface area (Å²) in [5.74, 6) is 0. The summed E-state index contributed by atoms with van der Waals surface area (Å²) in [5, 5.41) is 0.658. The summed E-state index contributed by atoms with van der Waals surface area (Å²) in [6, 6.07) is 5.47. The maximum Gasteiger partial charge on any atom is 0.211 e. The van der Waals surface area contributed by atoms with E-state index >= 15 is 0 Å². The number of halogens is 1. The molecule has 0 radical (unpaired) electrons. The Labute approximate surface area is 119 Å². The van der Waals surface area contributed by atoms with Gasteiger partial charge in [-0.25, -0.2) is 8.42 Å². The van der Waals surface area contributed by atoms with Crippen LogP contribution in [-0.2, 0) is 16.6 Å². The lowest BCUT2D eigenvalue weighted by atomic mass is 10.1. The summed E-state index contributed by atoms with van der Waals surface area (Å²) < 4.78 is 24.4. The molecular formula is C12H18ClN3O2S. The molecule has 1 aromatic rings. The van der Waals surface area contributed by atoms with Gasteiger partial charge in [0.1, 0.15) is 0 Å². The van der Waals surface area contributed by atoms with Crippen molar-refractivity contribution in [3.05, 3.63) is 28.8 Å². The average molecular weight is 304 g/mol. The number of nitrogens with zero attached hydrogens (tertiary/aromatic N) is 2. The van der Waals surface area contributed by atoms with Crippen LogP contribution in [0.3, 0.4) is 0 Å². The van der Waals surface area contributed by atoms with Crippen LogP contribution >= 0.6 is 11.6 Å². The molecule has 1 heterocycles. The van der Waals surface area contributed by atoms with Crippen molar-refractivity contribution < 1.29 is 8.42 Å². The minimum absolute atomic E-state index is 0.517. The van der Waals surface area contributed by atoms with Gasteiger partial charge in [-0.1, -0.05) is 17.7 Å². The van der Waals surface area contributed by atoms with E-state index in [4.69, 9.17) is 17.3 Å². The van der Waals surface area contributed by atoms with Gasteiger partial charge in [-0.2, -0.15) is 4.31 Å². The lowest BCUT2D eigenvalue weighted by Crippen LogP contribution is -2.47. The van der Waals surface area contributed by atoms with E-state index < -0.39 is 10.0 Å². The molecule has 2 rings (SSSR count). The van der Waals surface area contributed by atoms with Crippen molar-refractivity contribution in [3.8, 4) is 0 Å². The molecule has 0 amide bonds. The van der Waals surface area contributed by atoms with Gasteiger partial charge >= 0.3 is 0 Å². The Hall–Kier alpha value is -0.820. The van der Waals surface area contributed by atoms with Crippen molar-refractivity contribution in [3.63, 3.8) is 0 Å². The summed E-state index contributed by atoms with van der Waals surface area (Å²) >= 11 is 6.14. The smallest absolute Gasteiger partial charge is 0.211 e. The van der Waals surface area contributed by atoms with E-state index in [-0.39, 0.29) is 0 Å². The Balaban J connectivity index is 2.00. The summed E-state index contributed by atoms with van der Waals surface area (Å²) in [7, 11) is -3.08. The maximum atomic E-state index is 11.4. The van der Waals surface area contributed by atoms with Gasteiger partial charge in [-0.3, -0.25) is 4.90 Å². The van der Waals surface area contributed by atoms with Crippen LogP contribution in [0.1, 0.15) is 5.56 Å². The third-order valence-electron chi connectivity index (χ3n) is 3.34. The number of sulfonamides is 1. The molecule has 1 aliphatic rings. The molecule has 106 valence electrons. The number of anilines is 1. The number of nitrogen functional groups attached to an aromatic ring is 1. The summed E-state index contributed by atoms with van der Waals surface area (Å²) in [6.45, 7) is 3.07. The third-order valence-corrected chi connectivity index (χ3v) is 4.99. The van der Waals surface area contributed by atoms with E-state index in [1.807, 2.05) is 18.2 Å². The first-order valence-corrected chi connectivity index (χ1v) is 8.31. The van der Waals surface area contributed by atoms with Gasteiger partial charge in [-0.05, 0) is 12.1 Å². The van der Waals surface area contributed by atoms with Crippen LogP contribution in [0.25, 0.3) is 0 Å². The molecule has 0 bridgehead atoms. The largest absolute Gasteiger partial charge is 0.398 e. The Morgan fingerprint density at radius 1 is 1.26 bits per heavy atom. The van der Waals surface area contributed by atoms with Crippen molar-refractivity contribution in [1.82, 2.24) is 9.21 Å². The molecule has 0 saturated carbocycles. The zero-order chi connectivity index (χ0) is 14.0. The zero-order valence-electron chi connectivity index (χ0n) is 10.8. The van der Waals surface area contributed by atoms with Crippen molar-refractivity contribution in [1.29, 1.82) is 0 Å². The minimum Gasteiger partial charge on any atom is -0.398 e. The molecule has 2 N–H and O–H groups in total. The monoisotopic (exact) mass is 303 g/mol. The van der Waals surface area contributed by atoms with E-state index in [1.54, 1.807) is 0 Å². The lowest BCUT2D eigenvalue weighted by Gasteiger charge is -2.33. The molecule has 0 aromatic heterocycles. The topological polar surface area (TPSA) is 66.6 Å². The number of hydrogen-bond donors (Lipinski definition) is 1. The second kappa shape index (κ2) is 5.66. The first-order valence-electron chi connectivity index (χ1n) is 6.08. The molecule has 1 fully saturated rings. The number of rotatable bonds is 3. The van der Waals surface area contributed by atoms with Crippen LogP contribution in [0.2, 0.25) is 5.02 Å². The molecule has 5 nitrogen and oxygen atoms in total. The van der Waals surface area contributed by atoms with Crippen LogP contribution in [-0.4, -0.2) is 50.1 Å². The molecule has 0 aliphatic carbocycles. The van der Waals surface area contributed by atoms with E-state index in [1.165, 1.54) is 10.6 Å². The number of hydrogen-bond acceptors (Lipinski definition) is 4. The van der Waals surface area contributed by atoms with Crippen molar-refractivity contribution in [2.24, 2.45) is 0 Å². The predicted molar refractivity (Wildman–Crippen MR) is 77.6 cm³/mol. The molecular weight excluding hydrogens is 286 g/mol. The van der Waals surface area contributed by atoms with Crippen LogP contribution in [0.4, 0.5) is 5.69 Å². The van der Waals surface area contributed by atoms with Gasteiger partial charge in [0.15, 0.2) is 0 Å². The third kappa shape index (κ3) is 3.60. The van der Waals surface area contributed by atoms with Crippen molar-refractivity contribution in [2.45, 2.75) is 6.54 Å². The van der Waals surface area contributed by atoms with Gasteiger partial charge in [0.2, 0.25) is 10.0 Å². The Kier molecular flexibility index (Phi) is 4.35.